The second-order valence-electron chi connectivity index (χ2n) is 3.59. The predicted molar refractivity (Wildman–Crippen MR) is 66.6 cm³/mol. The zero-order valence-corrected chi connectivity index (χ0v) is 10.9. The van der Waals surface area contributed by atoms with Gasteiger partial charge in [-0.1, -0.05) is 0 Å². The minimum absolute atomic E-state index is 0.289. The molecule has 0 saturated carbocycles. The predicted octanol–water partition coefficient (Wildman–Crippen LogP) is 3.17. The Hall–Kier alpha value is -1.36. The van der Waals surface area contributed by atoms with E-state index in [1.807, 2.05) is 17.7 Å². The molecule has 0 fully saturated rings. The van der Waals surface area contributed by atoms with Crippen LogP contribution in [0.1, 0.15) is 5.82 Å². The van der Waals surface area contributed by atoms with Gasteiger partial charge in [0.25, 0.3) is 0 Å². The van der Waals surface area contributed by atoms with Crippen molar-refractivity contribution >= 4 is 15.9 Å². The third-order valence-electron chi connectivity index (χ3n) is 2.42. The molecule has 0 radical (unpaired) electrons. The van der Waals surface area contributed by atoms with Gasteiger partial charge in [-0.2, -0.15) is 0 Å². The summed E-state index contributed by atoms with van der Waals surface area (Å²) in [5, 5.41) is 0. The Bertz CT molecular complexity index is 513. The number of halogens is 2. The molecule has 0 unspecified atom stereocenters. The van der Waals surface area contributed by atoms with Crippen LogP contribution in [0.5, 0.6) is 5.75 Å². The molecule has 1 aromatic carbocycles. The van der Waals surface area contributed by atoms with Crippen molar-refractivity contribution in [1.29, 1.82) is 0 Å². The highest BCUT2D eigenvalue weighted by Crippen LogP contribution is 2.21. The first-order chi connectivity index (χ1) is 8.16. The fraction of sp³-hybridized carbons (Fsp3) is 0.250. The van der Waals surface area contributed by atoms with E-state index in [1.54, 1.807) is 18.3 Å². The Balaban J connectivity index is 1.90. The zero-order valence-electron chi connectivity index (χ0n) is 9.36. The first-order valence-electron chi connectivity index (χ1n) is 5.22. The van der Waals surface area contributed by atoms with E-state index in [0.29, 0.717) is 16.8 Å². The van der Waals surface area contributed by atoms with Crippen LogP contribution in [0, 0.1) is 12.7 Å². The maximum Gasteiger partial charge on any atom is 0.137 e. The van der Waals surface area contributed by atoms with Crippen molar-refractivity contribution in [3.63, 3.8) is 0 Å². The molecule has 0 amide bonds. The number of aromatic nitrogens is 2. The van der Waals surface area contributed by atoms with Crippen molar-refractivity contribution in [2.45, 2.75) is 13.5 Å². The standard InChI is InChI=1S/C12H12BrFN2O/c1-9-15-4-5-16(9)6-7-17-10-2-3-12(14)11(13)8-10/h2-5,8H,6-7H2,1H3. The first-order valence-corrected chi connectivity index (χ1v) is 6.01. The van der Waals surface area contributed by atoms with Gasteiger partial charge < -0.3 is 9.30 Å². The van der Waals surface area contributed by atoms with Crippen LogP contribution in [0.15, 0.2) is 35.1 Å². The fourth-order valence-corrected chi connectivity index (χ4v) is 1.83. The van der Waals surface area contributed by atoms with Crippen molar-refractivity contribution in [2.75, 3.05) is 6.61 Å². The van der Waals surface area contributed by atoms with Gasteiger partial charge in [0.05, 0.1) is 11.0 Å². The smallest absolute Gasteiger partial charge is 0.137 e. The van der Waals surface area contributed by atoms with E-state index in [9.17, 15) is 4.39 Å². The van der Waals surface area contributed by atoms with Gasteiger partial charge in [-0.15, -0.1) is 0 Å². The molecule has 0 aliphatic rings. The Labute approximate surface area is 107 Å². The lowest BCUT2D eigenvalue weighted by Gasteiger charge is -2.08. The SMILES string of the molecule is Cc1nccn1CCOc1ccc(F)c(Br)c1. The highest BCUT2D eigenvalue weighted by atomic mass is 79.9. The molecule has 3 nitrogen and oxygen atoms in total. The average molecular weight is 299 g/mol. The van der Waals surface area contributed by atoms with E-state index in [4.69, 9.17) is 4.74 Å². The Morgan fingerprint density at radius 1 is 1.47 bits per heavy atom. The summed E-state index contributed by atoms with van der Waals surface area (Å²) in [7, 11) is 0. The summed E-state index contributed by atoms with van der Waals surface area (Å²) in [6.07, 6.45) is 3.66. The highest BCUT2D eigenvalue weighted by molar-refractivity contribution is 9.10. The Kier molecular flexibility index (Phi) is 3.78. The van der Waals surface area contributed by atoms with Crippen LogP contribution < -0.4 is 4.74 Å². The molecule has 17 heavy (non-hydrogen) atoms. The normalized spacial score (nSPS) is 10.5. The van der Waals surface area contributed by atoms with Crippen molar-refractivity contribution in [3.8, 4) is 5.75 Å². The van der Waals surface area contributed by atoms with Crippen LogP contribution >= 0.6 is 15.9 Å². The second kappa shape index (κ2) is 5.31. The summed E-state index contributed by atoms with van der Waals surface area (Å²) in [5.41, 5.74) is 0. The summed E-state index contributed by atoms with van der Waals surface area (Å²) in [6.45, 7) is 3.19. The topological polar surface area (TPSA) is 27.1 Å². The number of aryl methyl sites for hydroxylation is 1. The van der Waals surface area contributed by atoms with E-state index in [-0.39, 0.29) is 5.82 Å². The first kappa shape index (κ1) is 12.1. The largest absolute Gasteiger partial charge is 0.492 e. The summed E-state index contributed by atoms with van der Waals surface area (Å²) in [4.78, 5) is 4.12. The molecule has 0 aliphatic carbocycles. The molecule has 1 heterocycles. The minimum Gasteiger partial charge on any atom is -0.492 e. The maximum absolute atomic E-state index is 13.0. The van der Waals surface area contributed by atoms with Crippen molar-refractivity contribution in [3.05, 3.63) is 46.7 Å². The van der Waals surface area contributed by atoms with Crippen molar-refractivity contribution < 1.29 is 9.13 Å². The van der Waals surface area contributed by atoms with E-state index in [0.717, 1.165) is 12.4 Å². The van der Waals surface area contributed by atoms with Gasteiger partial charge in [0.2, 0.25) is 0 Å². The molecule has 0 saturated heterocycles. The molecule has 1 aromatic heterocycles. The lowest BCUT2D eigenvalue weighted by molar-refractivity contribution is 0.296. The summed E-state index contributed by atoms with van der Waals surface area (Å²) < 4.78 is 20.9. The fourth-order valence-electron chi connectivity index (χ4n) is 1.47. The molecule has 90 valence electrons. The van der Waals surface area contributed by atoms with E-state index in [1.165, 1.54) is 6.07 Å². The lowest BCUT2D eigenvalue weighted by Crippen LogP contribution is -2.08. The molecule has 0 aliphatic heterocycles. The van der Waals surface area contributed by atoms with Crippen molar-refractivity contribution in [2.24, 2.45) is 0 Å². The van der Waals surface area contributed by atoms with E-state index < -0.39 is 0 Å². The molecule has 0 atom stereocenters. The highest BCUT2D eigenvalue weighted by Gasteiger charge is 2.01. The third-order valence-corrected chi connectivity index (χ3v) is 3.02. The quantitative estimate of drug-likeness (QED) is 0.867. The zero-order chi connectivity index (χ0) is 12.3. The monoisotopic (exact) mass is 298 g/mol. The third kappa shape index (κ3) is 3.06. The van der Waals surface area contributed by atoms with Gasteiger partial charge in [0.15, 0.2) is 0 Å². The number of rotatable bonds is 4. The molecular formula is C12H12BrFN2O. The second-order valence-corrected chi connectivity index (χ2v) is 4.45. The van der Waals surface area contributed by atoms with Crippen molar-refractivity contribution in [1.82, 2.24) is 9.55 Å². The summed E-state index contributed by atoms with van der Waals surface area (Å²) in [5.74, 6) is 1.31. The number of hydrogen-bond acceptors (Lipinski definition) is 2. The minimum atomic E-state index is -0.289. The Morgan fingerprint density at radius 3 is 2.94 bits per heavy atom. The van der Waals surface area contributed by atoms with Crippen LogP contribution in [0.4, 0.5) is 4.39 Å². The number of nitrogens with zero attached hydrogens (tertiary/aromatic N) is 2. The van der Waals surface area contributed by atoms with Gasteiger partial charge in [0.1, 0.15) is 24.0 Å². The van der Waals surface area contributed by atoms with E-state index >= 15 is 0 Å². The number of ether oxygens (including phenoxy) is 1. The number of hydrogen-bond donors (Lipinski definition) is 0. The molecule has 0 spiro atoms. The Morgan fingerprint density at radius 2 is 2.29 bits per heavy atom. The molecule has 2 aromatic rings. The van der Waals surface area contributed by atoms with Crippen LogP contribution in [0.25, 0.3) is 0 Å². The average Bonchev–Trinajstić information content (AvgIpc) is 2.70. The van der Waals surface area contributed by atoms with Gasteiger partial charge in [-0.25, -0.2) is 9.37 Å². The van der Waals surface area contributed by atoms with Crippen LogP contribution in [-0.2, 0) is 6.54 Å². The molecule has 0 N–H and O–H groups in total. The van der Waals surface area contributed by atoms with Gasteiger partial charge in [-0.3, -0.25) is 0 Å². The number of benzene rings is 1. The summed E-state index contributed by atoms with van der Waals surface area (Å²) in [6, 6.07) is 4.61. The van der Waals surface area contributed by atoms with Gasteiger partial charge >= 0.3 is 0 Å². The van der Waals surface area contributed by atoms with Crippen LogP contribution in [-0.4, -0.2) is 16.2 Å². The van der Waals surface area contributed by atoms with Gasteiger partial charge in [0, 0.05) is 12.4 Å². The number of imidazole rings is 1. The van der Waals surface area contributed by atoms with Crippen LogP contribution in [0.3, 0.4) is 0 Å². The maximum atomic E-state index is 13.0. The lowest BCUT2D eigenvalue weighted by atomic mass is 10.3. The molecule has 2 rings (SSSR count). The van der Waals surface area contributed by atoms with E-state index in [2.05, 4.69) is 20.9 Å². The summed E-state index contributed by atoms with van der Waals surface area (Å²) >= 11 is 3.12. The van der Waals surface area contributed by atoms with Crippen LogP contribution in [0.2, 0.25) is 0 Å². The molecule has 0 bridgehead atoms. The molecule has 5 heteroatoms. The molecular weight excluding hydrogens is 287 g/mol. The van der Waals surface area contributed by atoms with Gasteiger partial charge in [-0.05, 0) is 41.1 Å².